The summed E-state index contributed by atoms with van der Waals surface area (Å²) in [6, 6.07) is 8.10. The van der Waals surface area contributed by atoms with Crippen LogP contribution in [-0.2, 0) is 11.3 Å². The quantitative estimate of drug-likeness (QED) is 0.409. The average molecular weight is 321 g/mol. The third kappa shape index (κ3) is 7.37. The molecule has 0 spiro atoms. The lowest BCUT2D eigenvalue weighted by Crippen LogP contribution is -2.38. The summed E-state index contributed by atoms with van der Waals surface area (Å²) in [4.78, 5) is 6.85. The van der Waals surface area contributed by atoms with Gasteiger partial charge in [-0.15, -0.1) is 0 Å². The molecule has 5 nitrogen and oxygen atoms in total. The zero-order valence-electron chi connectivity index (χ0n) is 15.0. The molecule has 0 unspecified atom stereocenters. The van der Waals surface area contributed by atoms with E-state index in [0.717, 1.165) is 62.8 Å². The van der Waals surface area contributed by atoms with Gasteiger partial charge in [-0.05, 0) is 32.3 Å². The molecule has 0 amide bonds. The predicted molar refractivity (Wildman–Crippen MR) is 96.2 cm³/mol. The van der Waals surface area contributed by atoms with Crippen molar-refractivity contribution in [1.29, 1.82) is 0 Å². The van der Waals surface area contributed by atoms with Crippen molar-refractivity contribution in [2.75, 3.05) is 41.0 Å². The standard InChI is InChI=1S/C18H31N3O2/c1-5-19-18(20-13-9-6-10-14-22-3)21(2)15-16-11-7-8-12-17(16)23-4/h7-8,11-12H,5-6,9-10,13-15H2,1-4H3,(H,19,20). The summed E-state index contributed by atoms with van der Waals surface area (Å²) in [7, 11) is 5.51. The summed E-state index contributed by atoms with van der Waals surface area (Å²) in [6.07, 6.45) is 3.33. The number of nitrogens with zero attached hydrogens (tertiary/aromatic N) is 2. The number of rotatable bonds is 10. The molecule has 0 bridgehead atoms. The van der Waals surface area contributed by atoms with E-state index in [0.29, 0.717) is 0 Å². The van der Waals surface area contributed by atoms with Crippen molar-refractivity contribution >= 4 is 5.96 Å². The minimum atomic E-state index is 0.763. The number of benzene rings is 1. The van der Waals surface area contributed by atoms with E-state index < -0.39 is 0 Å². The summed E-state index contributed by atoms with van der Waals surface area (Å²) < 4.78 is 10.5. The van der Waals surface area contributed by atoms with E-state index in [1.165, 1.54) is 0 Å². The van der Waals surface area contributed by atoms with E-state index in [9.17, 15) is 0 Å². The molecule has 0 heterocycles. The molecular formula is C18H31N3O2. The second-order valence-corrected chi connectivity index (χ2v) is 5.46. The van der Waals surface area contributed by atoms with Gasteiger partial charge in [0.2, 0.25) is 0 Å². The van der Waals surface area contributed by atoms with Crippen LogP contribution in [-0.4, -0.2) is 51.8 Å². The van der Waals surface area contributed by atoms with Crippen molar-refractivity contribution in [3.63, 3.8) is 0 Å². The number of unbranched alkanes of at least 4 members (excludes halogenated alkanes) is 2. The molecule has 130 valence electrons. The highest BCUT2D eigenvalue weighted by molar-refractivity contribution is 5.79. The Morgan fingerprint density at radius 3 is 2.65 bits per heavy atom. The fourth-order valence-electron chi connectivity index (χ4n) is 2.35. The van der Waals surface area contributed by atoms with Crippen molar-refractivity contribution in [1.82, 2.24) is 10.2 Å². The molecule has 1 aromatic rings. The maximum absolute atomic E-state index is 5.42. The maximum Gasteiger partial charge on any atom is 0.193 e. The monoisotopic (exact) mass is 321 g/mol. The van der Waals surface area contributed by atoms with Crippen molar-refractivity contribution in [2.24, 2.45) is 4.99 Å². The Bertz CT molecular complexity index is 463. The highest BCUT2D eigenvalue weighted by Gasteiger charge is 2.09. The molecule has 0 atom stereocenters. The van der Waals surface area contributed by atoms with E-state index in [4.69, 9.17) is 14.5 Å². The summed E-state index contributed by atoms with van der Waals surface area (Å²) in [5.41, 5.74) is 1.16. The van der Waals surface area contributed by atoms with Crippen LogP contribution in [0.5, 0.6) is 5.75 Å². The number of aliphatic imine (C=N–C) groups is 1. The fraction of sp³-hybridized carbons (Fsp3) is 0.611. The second kappa shape index (κ2) is 11.8. The van der Waals surface area contributed by atoms with Crippen LogP contribution < -0.4 is 10.1 Å². The second-order valence-electron chi connectivity index (χ2n) is 5.46. The van der Waals surface area contributed by atoms with Gasteiger partial charge in [-0.25, -0.2) is 0 Å². The molecule has 0 saturated heterocycles. The van der Waals surface area contributed by atoms with E-state index in [-0.39, 0.29) is 0 Å². The van der Waals surface area contributed by atoms with Gasteiger partial charge in [0.15, 0.2) is 5.96 Å². The topological polar surface area (TPSA) is 46.1 Å². The van der Waals surface area contributed by atoms with Crippen LogP contribution in [0.4, 0.5) is 0 Å². The number of para-hydroxylation sites is 1. The number of nitrogens with one attached hydrogen (secondary N) is 1. The van der Waals surface area contributed by atoms with Gasteiger partial charge < -0.3 is 19.7 Å². The molecular weight excluding hydrogens is 290 g/mol. The Morgan fingerprint density at radius 2 is 1.96 bits per heavy atom. The average Bonchev–Trinajstić information content (AvgIpc) is 2.57. The molecule has 0 aliphatic rings. The van der Waals surface area contributed by atoms with Crippen molar-refractivity contribution < 1.29 is 9.47 Å². The van der Waals surface area contributed by atoms with E-state index in [1.54, 1.807) is 14.2 Å². The van der Waals surface area contributed by atoms with E-state index in [1.807, 2.05) is 18.2 Å². The lowest BCUT2D eigenvalue weighted by molar-refractivity contribution is 0.192. The number of ether oxygens (including phenoxy) is 2. The SMILES string of the molecule is CCNC(=NCCCCCOC)N(C)Cc1ccccc1OC. The minimum Gasteiger partial charge on any atom is -0.496 e. The minimum absolute atomic E-state index is 0.763. The molecule has 1 rings (SSSR count). The van der Waals surface area contributed by atoms with Gasteiger partial charge in [0.25, 0.3) is 0 Å². The maximum atomic E-state index is 5.42. The molecule has 1 N–H and O–H groups in total. The Morgan fingerprint density at radius 1 is 1.17 bits per heavy atom. The largest absolute Gasteiger partial charge is 0.496 e. The van der Waals surface area contributed by atoms with E-state index in [2.05, 4.69) is 30.3 Å². The highest BCUT2D eigenvalue weighted by Crippen LogP contribution is 2.18. The molecule has 0 fully saturated rings. The summed E-state index contributed by atoms with van der Waals surface area (Å²) in [5.74, 6) is 1.85. The van der Waals surface area contributed by atoms with Crippen molar-refractivity contribution in [3.05, 3.63) is 29.8 Å². The van der Waals surface area contributed by atoms with Crippen LogP contribution >= 0.6 is 0 Å². The first kappa shape index (κ1) is 19.3. The van der Waals surface area contributed by atoms with Gasteiger partial charge >= 0.3 is 0 Å². The Kier molecular flexibility index (Phi) is 9.87. The normalized spacial score (nSPS) is 11.4. The molecule has 0 saturated carbocycles. The van der Waals surface area contributed by atoms with Crippen LogP contribution in [0.2, 0.25) is 0 Å². The summed E-state index contributed by atoms with van der Waals surface area (Å²) in [6.45, 7) is 5.38. The highest BCUT2D eigenvalue weighted by atomic mass is 16.5. The van der Waals surface area contributed by atoms with Crippen LogP contribution in [0.1, 0.15) is 31.7 Å². The summed E-state index contributed by atoms with van der Waals surface area (Å²) in [5, 5.41) is 3.35. The van der Waals surface area contributed by atoms with Crippen LogP contribution in [0, 0.1) is 0 Å². The third-order valence-electron chi connectivity index (χ3n) is 3.56. The lowest BCUT2D eigenvalue weighted by Gasteiger charge is -2.23. The van der Waals surface area contributed by atoms with E-state index >= 15 is 0 Å². The van der Waals surface area contributed by atoms with Gasteiger partial charge in [-0.2, -0.15) is 0 Å². The van der Waals surface area contributed by atoms with Gasteiger partial charge in [-0.3, -0.25) is 4.99 Å². The number of methoxy groups -OCH3 is 2. The number of guanidine groups is 1. The van der Waals surface area contributed by atoms with Crippen molar-refractivity contribution in [3.8, 4) is 5.75 Å². The molecule has 0 aromatic heterocycles. The Labute approximate surface area is 140 Å². The molecule has 5 heteroatoms. The fourth-order valence-corrected chi connectivity index (χ4v) is 2.35. The van der Waals surface area contributed by atoms with Crippen LogP contribution in [0.25, 0.3) is 0 Å². The first-order valence-corrected chi connectivity index (χ1v) is 8.33. The molecule has 23 heavy (non-hydrogen) atoms. The molecule has 0 radical (unpaired) electrons. The van der Waals surface area contributed by atoms with Gasteiger partial charge in [0.05, 0.1) is 7.11 Å². The smallest absolute Gasteiger partial charge is 0.193 e. The molecule has 1 aromatic carbocycles. The van der Waals surface area contributed by atoms with Crippen LogP contribution in [0.3, 0.4) is 0 Å². The Hall–Kier alpha value is -1.75. The lowest BCUT2D eigenvalue weighted by atomic mass is 10.2. The van der Waals surface area contributed by atoms with Gasteiger partial charge in [0, 0.05) is 46.0 Å². The van der Waals surface area contributed by atoms with Gasteiger partial charge in [0.1, 0.15) is 5.75 Å². The van der Waals surface area contributed by atoms with Gasteiger partial charge in [-0.1, -0.05) is 18.2 Å². The Balaban J connectivity index is 2.57. The third-order valence-corrected chi connectivity index (χ3v) is 3.56. The summed E-state index contributed by atoms with van der Waals surface area (Å²) >= 11 is 0. The number of hydrogen-bond donors (Lipinski definition) is 1. The molecule has 0 aliphatic heterocycles. The van der Waals surface area contributed by atoms with Crippen LogP contribution in [0.15, 0.2) is 29.3 Å². The first-order valence-electron chi connectivity index (χ1n) is 8.33. The predicted octanol–water partition coefficient (Wildman–Crippen LogP) is 2.91. The first-order chi connectivity index (χ1) is 11.2. The zero-order valence-corrected chi connectivity index (χ0v) is 15.0. The molecule has 0 aliphatic carbocycles. The zero-order chi connectivity index (χ0) is 16.9. The van der Waals surface area contributed by atoms with Crippen molar-refractivity contribution in [2.45, 2.75) is 32.7 Å². The number of hydrogen-bond acceptors (Lipinski definition) is 3.